The summed E-state index contributed by atoms with van der Waals surface area (Å²) in [5, 5.41) is 1.10. The molecule has 34 heavy (non-hydrogen) atoms. The SMILES string of the molecule is O=C1N(c2ccc(S(=O)(=O)C(F)(F)F)cc2)C(=O)C2(CC2)N1Cc1ccnc2cccc(Cl)c12. The van der Waals surface area contributed by atoms with E-state index in [-0.39, 0.29) is 12.2 Å². The van der Waals surface area contributed by atoms with Gasteiger partial charge in [0, 0.05) is 18.1 Å². The Morgan fingerprint density at radius 1 is 1.03 bits per heavy atom. The minimum atomic E-state index is -5.55. The molecule has 2 fully saturated rings. The average Bonchev–Trinajstić information content (AvgIpc) is 3.55. The first-order valence-corrected chi connectivity index (χ1v) is 11.9. The highest BCUT2D eigenvalue weighted by Gasteiger charge is 2.65. The van der Waals surface area contributed by atoms with Gasteiger partial charge in [-0.2, -0.15) is 13.2 Å². The fourth-order valence-electron chi connectivity index (χ4n) is 4.20. The van der Waals surface area contributed by atoms with Crippen LogP contribution in [0.4, 0.5) is 23.7 Å². The predicted molar refractivity (Wildman–Crippen MR) is 117 cm³/mol. The number of benzene rings is 2. The number of pyridine rings is 1. The molecule has 1 saturated heterocycles. The van der Waals surface area contributed by atoms with E-state index < -0.39 is 37.7 Å². The van der Waals surface area contributed by atoms with Gasteiger partial charge in [-0.25, -0.2) is 18.1 Å². The van der Waals surface area contributed by atoms with Crippen LogP contribution >= 0.6 is 11.6 Å². The number of alkyl halides is 3. The molecule has 5 rings (SSSR count). The van der Waals surface area contributed by atoms with Gasteiger partial charge >= 0.3 is 11.5 Å². The van der Waals surface area contributed by atoms with Crippen LogP contribution in [0.2, 0.25) is 5.02 Å². The van der Waals surface area contributed by atoms with Gasteiger partial charge in [-0.1, -0.05) is 17.7 Å². The summed E-state index contributed by atoms with van der Waals surface area (Å²) in [5.41, 5.74) is -5.20. The lowest BCUT2D eigenvalue weighted by molar-refractivity contribution is -0.120. The van der Waals surface area contributed by atoms with Crippen molar-refractivity contribution < 1.29 is 31.2 Å². The lowest BCUT2D eigenvalue weighted by atomic mass is 10.1. The van der Waals surface area contributed by atoms with Crippen LogP contribution in [0.3, 0.4) is 0 Å². The number of hydrogen-bond donors (Lipinski definition) is 0. The van der Waals surface area contributed by atoms with Crippen molar-refractivity contribution in [3.05, 3.63) is 65.3 Å². The zero-order valence-corrected chi connectivity index (χ0v) is 18.8. The van der Waals surface area contributed by atoms with E-state index in [2.05, 4.69) is 4.98 Å². The van der Waals surface area contributed by atoms with E-state index in [1.54, 1.807) is 30.5 Å². The highest BCUT2D eigenvalue weighted by molar-refractivity contribution is 7.92. The van der Waals surface area contributed by atoms with E-state index in [0.29, 0.717) is 34.3 Å². The molecule has 2 aromatic carbocycles. The molecule has 1 aliphatic carbocycles. The number of fused-ring (bicyclic) bond motifs is 1. The number of amides is 3. The zero-order chi connectivity index (χ0) is 24.5. The number of carbonyl (C=O) groups is 2. The van der Waals surface area contributed by atoms with Crippen molar-refractivity contribution in [1.82, 2.24) is 9.88 Å². The molecule has 3 aromatic rings. The van der Waals surface area contributed by atoms with Crippen molar-refractivity contribution in [2.45, 2.75) is 35.3 Å². The van der Waals surface area contributed by atoms with Crippen molar-refractivity contribution in [3.8, 4) is 0 Å². The van der Waals surface area contributed by atoms with Crippen LogP contribution in [0.5, 0.6) is 0 Å². The molecule has 2 aliphatic rings. The third kappa shape index (κ3) is 3.25. The highest BCUT2D eigenvalue weighted by Crippen LogP contribution is 2.50. The first-order valence-electron chi connectivity index (χ1n) is 10.1. The molecule has 2 heterocycles. The van der Waals surface area contributed by atoms with Crippen molar-refractivity contribution in [2.24, 2.45) is 0 Å². The molecule has 0 atom stereocenters. The summed E-state index contributed by atoms with van der Waals surface area (Å²) >= 11 is 6.36. The lowest BCUT2D eigenvalue weighted by Crippen LogP contribution is -2.36. The van der Waals surface area contributed by atoms with E-state index in [1.807, 2.05) is 0 Å². The maximum Gasteiger partial charge on any atom is 0.501 e. The summed E-state index contributed by atoms with van der Waals surface area (Å²) in [4.78, 5) is 32.1. The second-order valence-electron chi connectivity index (χ2n) is 8.09. The summed E-state index contributed by atoms with van der Waals surface area (Å²) in [6.07, 6.45) is 2.45. The Morgan fingerprint density at radius 2 is 1.71 bits per heavy atom. The molecule has 0 bridgehead atoms. The Balaban J connectivity index is 1.49. The number of urea groups is 1. The quantitative estimate of drug-likeness (QED) is 0.476. The van der Waals surface area contributed by atoms with Gasteiger partial charge in [0.05, 0.1) is 21.1 Å². The van der Waals surface area contributed by atoms with E-state index >= 15 is 0 Å². The lowest BCUT2D eigenvalue weighted by Gasteiger charge is -2.22. The number of imide groups is 1. The minimum Gasteiger partial charge on any atom is -0.305 e. The number of sulfone groups is 1. The molecule has 0 unspecified atom stereocenters. The minimum absolute atomic E-state index is 0.0116. The van der Waals surface area contributed by atoms with Gasteiger partial charge in [0.25, 0.3) is 15.7 Å². The predicted octanol–water partition coefficient (Wildman–Crippen LogP) is 4.68. The zero-order valence-electron chi connectivity index (χ0n) is 17.2. The van der Waals surface area contributed by atoms with Gasteiger partial charge in [-0.3, -0.25) is 9.78 Å². The third-order valence-electron chi connectivity index (χ3n) is 6.10. The number of nitrogens with zero attached hydrogens (tertiary/aromatic N) is 3. The number of aromatic nitrogens is 1. The monoisotopic (exact) mass is 509 g/mol. The van der Waals surface area contributed by atoms with Gasteiger partial charge in [-0.05, 0) is 60.9 Å². The number of hydrogen-bond acceptors (Lipinski definition) is 5. The molecule has 3 amide bonds. The fourth-order valence-corrected chi connectivity index (χ4v) is 5.25. The van der Waals surface area contributed by atoms with E-state index in [4.69, 9.17) is 11.6 Å². The number of halogens is 4. The molecule has 1 aromatic heterocycles. The van der Waals surface area contributed by atoms with Gasteiger partial charge in [0.2, 0.25) is 0 Å². The molecule has 1 aliphatic heterocycles. The molecule has 12 heteroatoms. The standard InChI is InChI=1S/C22H15ClF3N3O4S/c23-16-2-1-3-17-18(16)13(8-11-27-17)12-28-20(31)29(19(30)21(28)9-10-21)14-4-6-15(7-5-14)34(32,33)22(24,25)26/h1-8,11H,9-10,12H2. The Kier molecular flexibility index (Phi) is 4.93. The molecule has 1 spiro atoms. The van der Waals surface area contributed by atoms with Crippen molar-refractivity contribution in [3.63, 3.8) is 0 Å². The van der Waals surface area contributed by atoms with Crippen LogP contribution in [0.15, 0.2) is 59.6 Å². The van der Waals surface area contributed by atoms with Gasteiger partial charge in [-0.15, -0.1) is 0 Å². The third-order valence-corrected chi connectivity index (χ3v) is 7.92. The molecule has 7 nitrogen and oxygen atoms in total. The number of anilines is 1. The number of carbonyl (C=O) groups excluding carboxylic acids is 2. The Hall–Kier alpha value is -3.18. The van der Waals surface area contributed by atoms with Crippen molar-refractivity contribution >= 4 is 50.0 Å². The normalized spacial score (nSPS) is 17.8. The molecule has 0 radical (unpaired) electrons. The molecule has 176 valence electrons. The molecule has 1 saturated carbocycles. The maximum absolute atomic E-state index is 13.3. The molecule has 0 N–H and O–H groups in total. The second kappa shape index (κ2) is 7.41. The Morgan fingerprint density at radius 3 is 2.32 bits per heavy atom. The summed E-state index contributed by atoms with van der Waals surface area (Å²) in [5.74, 6) is -0.506. The van der Waals surface area contributed by atoms with E-state index in [9.17, 15) is 31.2 Å². The Bertz CT molecular complexity index is 1450. The molecular formula is C22H15ClF3N3O4S. The first kappa shape index (κ1) is 22.6. The second-order valence-corrected chi connectivity index (χ2v) is 10.4. The van der Waals surface area contributed by atoms with Crippen LogP contribution < -0.4 is 4.90 Å². The smallest absolute Gasteiger partial charge is 0.305 e. The fraction of sp³-hybridized carbons (Fsp3) is 0.227. The summed E-state index contributed by atoms with van der Waals surface area (Å²) < 4.78 is 61.7. The summed E-state index contributed by atoms with van der Waals surface area (Å²) in [6, 6.07) is 9.79. The van der Waals surface area contributed by atoms with Crippen LogP contribution in [-0.2, 0) is 21.2 Å². The van der Waals surface area contributed by atoms with Crippen molar-refractivity contribution in [1.29, 1.82) is 0 Å². The number of rotatable bonds is 4. The highest BCUT2D eigenvalue weighted by atomic mass is 35.5. The Labute approximate surface area is 196 Å². The largest absolute Gasteiger partial charge is 0.501 e. The van der Waals surface area contributed by atoms with E-state index in [1.165, 1.54) is 4.90 Å². The van der Waals surface area contributed by atoms with Crippen LogP contribution in [0, 0.1) is 0 Å². The summed E-state index contributed by atoms with van der Waals surface area (Å²) in [6.45, 7) is 0.0738. The molecular weight excluding hydrogens is 495 g/mol. The van der Waals surface area contributed by atoms with Gasteiger partial charge in [0.15, 0.2) is 0 Å². The van der Waals surface area contributed by atoms with Gasteiger partial charge in [0.1, 0.15) is 5.54 Å². The van der Waals surface area contributed by atoms with E-state index in [0.717, 1.165) is 29.2 Å². The topological polar surface area (TPSA) is 87.7 Å². The maximum atomic E-state index is 13.3. The average molecular weight is 510 g/mol. The van der Waals surface area contributed by atoms with Crippen LogP contribution in [-0.4, -0.2) is 41.3 Å². The van der Waals surface area contributed by atoms with Crippen LogP contribution in [0.25, 0.3) is 10.9 Å². The van der Waals surface area contributed by atoms with Gasteiger partial charge < -0.3 is 4.90 Å². The van der Waals surface area contributed by atoms with Crippen LogP contribution in [0.1, 0.15) is 18.4 Å². The van der Waals surface area contributed by atoms with Crippen molar-refractivity contribution in [2.75, 3.05) is 4.90 Å². The first-order chi connectivity index (χ1) is 16.0. The summed E-state index contributed by atoms with van der Waals surface area (Å²) in [7, 11) is -5.55.